The zero-order valence-corrected chi connectivity index (χ0v) is 25.4. The van der Waals surface area contributed by atoms with Crippen LogP contribution in [0.1, 0.15) is 22.8 Å². The molecule has 0 radical (unpaired) electrons. The fourth-order valence-electron chi connectivity index (χ4n) is 3.85. The van der Waals surface area contributed by atoms with E-state index in [1.54, 1.807) is 49.4 Å². The van der Waals surface area contributed by atoms with Crippen LogP contribution in [-0.4, -0.2) is 25.5 Å². The molecule has 0 fully saturated rings. The van der Waals surface area contributed by atoms with E-state index in [2.05, 4.69) is 15.5 Å². The minimum atomic E-state index is -4.55. The number of ether oxygens (including phenoxy) is 1. The quantitative estimate of drug-likeness (QED) is 0.189. The number of nitrogens with zero attached hydrogens (tertiary/aromatic N) is 2. The van der Waals surface area contributed by atoms with E-state index >= 15 is 0 Å². The number of nitrogens with one attached hydrogen (secondary N) is 1. The molecule has 0 heterocycles. The van der Waals surface area contributed by atoms with Crippen LogP contribution in [0.5, 0.6) is 11.5 Å². The number of anilines is 1. The minimum absolute atomic E-state index is 0. The molecule has 1 amide bonds. The number of hydrogen-bond donors (Lipinski definition) is 2. The maximum atomic E-state index is 13.4. The molecule has 4 aromatic rings. The van der Waals surface area contributed by atoms with Crippen LogP contribution in [0.3, 0.4) is 0 Å². The van der Waals surface area contributed by atoms with Gasteiger partial charge in [0.05, 0.1) is 28.7 Å². The van der Waals surface area contributed by atoms with Crippen molar-refractivity contribution in [1.29, 1.82) is 0 Å². The Kier molecular flexibility index (Phi) is 10.0. The van der Waals surface area contributed by atoms with Crippen molar-refractivity contribution in [3.8, 4) is 11.5 Å². The number of carbonyl (C=O) groups is 1. The van der Waals surface area contributed by atoms with Gasteiger partial charge in [-0.2, -0.15) is 18.6 Å². The van der Waals surface area contributed by atoms with E-state index in [4.69, 9.17) is 27.9 Å². The molecule has 0 bridgehead atoms. The van der Waals surface area contributed by atoms with E-state index in [0.717, 1.165) is 0 Å². The second-order valence-corrected chi connectivity index (χ2v) is 10.3. The molecule has 4 aromatic carbocycles. The molecule has 0 spiro atoms. The molecule has 0 aliphatic carbocycles. The van der Waals surface area contributed by atoms with Crippen LogP contribution in [0.4, 0.5) is 17.1 Å². The number of azo groups is 1. The van der Waals surface area contributed by atoms with Crippen molar-refractivity contribution in [1.82, 2.24) is 0 Å². The van der Waals surface area contributed by atoms with Gasteiger partial charge < -0.3 is 15.2 Å². The Balaban J connectivity index is 0.00000420. The Morgan fingerprint density at radius 2 is 1.79 bits per heavy atom. The van der Waals surface area contributed by atoms with Gasteiger partial charge in [-0.05, 0) is 55.1 Å². The molecule has 39 heavy (non-hydrogen) atoms. The molecule has 0 saturated heterocycles. The van der Waals surface area contributed by atoms with Crippen molar-refractivity contribution >= 4 is 67.1 Å². The van der Waals surface area contributed by atoms with Crippen LogP contribution in [0.2, 0.25) is 10.0 Å². The summed E-state index contributed by atoms with van der Waals surface area (Å²) in [4.78, 5) is 12.8. The van der Waals surface area contributed by atoms with E-state index in [-0.39, 0.29) is 57.1 Å². The van der Waals surface area contributed by atoms with Gasteiger partial charge in [-0.15, -0.1) is 0 Å². The Bertz CT molecular complexity index is 1690. The first kappa shape index (κ1) is 30.8. The number of carbonyl (C=O) groups excluding carboxylic acids is 1. The van der Waals surface area contributed by atoms with Crippen LogP contribution in [0, 0.1) is 6.92 Å². The van der Waals surface area contributed by atoms with E-state index in [9.17, 15) is 22.9 Å². The topological polar surface area (TPSA) is 140 Å². The smallest absolute Gasteiger partial charge is 0.870 e. The Morgan fingerprint density at radius 3 is 2.46 bits per heavy atom. The van der Waals surface area contributed by atoms with Crippen molar-refractivity contribution in [2.45, 2.75) is 18.7 Å². The molecule has 13 heteroatoms. The standard InChI is InChI=1S/C26H21Cl2N3O6S.Na/c1-3-37-22-12-16(27)8-9-21(22)29-26(33)19-11-15-6-4-5-7-18(15)23(24(19)32)31-30-17-10-14(2)25(20(28)13-17)38(34,35)36;/h4-13,32H,3H2,1-2H3,(H,29,33)(H,34,35,36);/q;+1/p-1. The van der Waals surface area contributed by atoms with Crippen LogP contribution in [0.25, 0.3) is 10.8 Å². The second-order valence-electron chi connectivity index (χ2n) is 8.10. The molecule has 0 atom stereocenters. The summed E-state index contributed by atoms with van der Waals surface area (Å²) in [5, 5.41) is 25.5. The van der Waals surface area contributed by atoms with Gasteiger partial charge in [-0.3, -0.25) is 9.35 Å². The Morgan fingerprint density at radius 1 is 1.08 bits per heavy atom. The number of amides is 1. The molecule has 4 rings (SSSR count). The number of aryl methyl sites for hydroxylation is 1. The first-order valence-corrected chi connectivity index (χ1v) is 13.3. The molecule has 0 aromatic heterocycles. The van der Waals surface area contributed by atoms with E-state index in [1.165, 1.54) is 25.1 Å². The third-order valence-corrected chi connectivity index (χ3v) is 7.15. The summed E-state index contributed by atoms with van der Waals surface area (Å²) in [6.45, 7) is 3.56. The van der Waals surface area contributed by atoms with Gasteiger partial charge >= 0.3 is 29.6 Å². The zero-order chi connectivity index (χ0) is 27.6. The van der Waals surface area contributed by atoms with Gasteiger partial charge in [0.25, 0.3) is 16.0 Å². The summed E-state index contributed by atoms with van der Waals surface area (Å²) in [7, 11) is -4.55. The molecule has 0 saturated carbocycles. The van der Waals surface area contributed by atoms with Gasteiger partial charge in [0.15, 0.2) is 0 Å². The summed E-state index contributed by atoms with van der Waals surface area (Å²) < 4.78 is 38.1. The zero-order valence-electron chi connectivity index (χ0n) is 21.0. The van der Waals surface area contributed by atoms with Gasteiger partial charge in [0.1, 0.15) is 10.6 Å². The monoisotopic (exact) mass is 595 g/mol. The fraction of sp³-hybridized carbons (Fsp3) is 0.115. The average molecular weight is 596 g/mol. The number of fused-ring (bicyclic) bond motifs is 1. The van der Waals surface area contributed by atoms with E-state index < -0.39 is 26.7 Å². The summed E-state index contributed by atoms with van der Waals surface area (Å²) in [5.74, 6) is -1.01. The SMILES string of the molecule is CCOc1cc(Cl)ccc1NC(=O)c1cc2ccccc2c(N=Nc2cc(C)c(S(=O)(=O)O)c(Cl)c2)c1[O-].[Na+]. The number of hydrogen-bond acceptors (Lipinski definition) is 7. The number of halogens is 2. The maximum Gasteiger partial charge on any atom is 1.00 e. The molecule has 196 valence electrons. The Labute approximate surface area is 256 Å². The van der Waals surface area contributed by atoms with Gasteiger partial charge in [-0.25, -0.2) is 0 Å². The normalized spacial score (nSPS) is 11.4. The molecule has 2 N–H and O–H groups in total. The van der Waals surface area contributed by atoms with Crippen LogP contribution >= 0.6 is 23.2 Å². The molecule has 0 aliphatic heterocycles. The molecule has 0 aliphatic rings. The summed E-state index contributed by atoms with van der Waals surface area (Å²) in [5.41, 5.74) is 0.345. The van der Waals surface area contributed by atoms with Gasteiger partial charge in [0, 0.05) is 22.0 Å². The summed E-state index contributed by atoms with van der Waals surface area (Å²) in [6, 6.07) is 15.6. The molecular weight excluding hydrogens is 576 g/mol. The van der Waals surface area contributed by atoms with Crippen LogP contribution < -0.4 is 44.7 Å². The predicted octanol–water partition coefficient (Wildman–Crippen LogP) is 3.85. The van der Waals surface area contributed by atoms with Crippen molar-refractivity contribution in [2.24, 2.45) is 10.2 Å². The van der Waals surface area contributed by atoms with E-state index in [0.29, 0.717) is 33.8 Å². The predicted molar refractivity (Wildman–Crippen MR) is 144 cm³/mol. The second kappa shape index (κ2) is 12.6. The van der Waals surface area contributed by atoms with Crippen molar-refractivity contribution < 1.29 is 57.2 Å². The summed E-state index contributed by atoms with van der Waals surface area (Å²) in [6.07, 6.45) is 0. The first-order valence-electron chi connectivity index (χ1n) is 11.2. The Hall–Kier alpha value is -2.70. The molecule has 9 nitrogen and oxygen atoms in total. The molecule has 0 unspecified atom stereocenters. The number of rotatable bonds is 7. The largest absolute Gasteiger partial charge is 1.00 e. The average Bonchev–Trinajstić information content (AvgIpc) is 2.83. The van der Waals surface area contributed by atoms with Gasteiger partial charge in [0.2, 0.25) is 0 Å². The fourth-order valence-corrected chi connectivity index (χ4v) is 5.33. The minimum Gasteiger partial charge on any atom is -0.870 e. The summed E-state index contributed by atoms with van der Waals surface area (Å²) >= 11 is 12.1. The van der Waals surface area contributed by atoms with Crippen molar-refractivity contribution in [3.05, 3.63) is 81.8 Å². The maximum absolute atomic E-state index is 13.4. The number of benzene rings is 4. The first-order chi connectivity index (χ1) is 18.0. The van der Waals surface area contributed by atoms with Crippen molar-refractivity contribution in [3.63, 3.8) is 0 Å². The van der Waals surface area contributed by atoms with Crippen LogP contribution in [0.15, 0.2) is 75.8 Å². The van der Waals surface area contributed by atoms with Gasteiger partial charge in [-0.1, -0.05) is 53.2 Å². The third kappa shape index (κ3) is 6.90. The van der Waals surface area contributed by atoms with Crippen molar-refractivity contribution in [2.75, 3.05) is 11.9 Å². The van der Waals surface area contributed by atoms with Crippen LogP contribution in [-0.2, 0) is 10.1 Å². The molecular formula is C26H20Cl2N3NaO6S. The van der Waals surface area contributed by atoms with E-state index in [1.807, 2.05) is 0 Å². The third-order valence-electron chi connectivity index (χ3n) is 5.45.